The molecule has 0 saturated heterocycles. The van der Waals surface area contributed by atoms with Gasteiger partial charge in [0.25, 0.3) is 5.91 Å². The molecule has 0 bridgehead atoms. The molecule has 0 unspecified atom stereocenters. The molecule has 0 saturated carbocycles. The fraction of sp³-hybridized carbons (Fsp3) is 0.192. The van der Waals surface area contributed by atoms with Crippen molar-refractivity contribution in [3.05, 3.63) is 95.9 Å². The maximum Gasteiger partial charge on any atom is 0.251 e. The molecule has 2 aromatic heterocycles. The standard InChI is InChI=1S/C26H24N4O3/c31-25-13-15-30-24(17-23(28-30)20-5-2-1-3-6-20)29(25)18-19-8-10-21(11-9-19)26(32)27-14-12-22-7-4-16-33-22/h1-11,16-17H,12-15,18H2,(H,27,32). The van der Waals surface area contributed by atoms with Crippen LogP contribution in [0.1, 0.15) is 28.1 Å². The van der Waals surface area contributed by atoms with E-state index in [1.807, 2.05) is 65.3 Å². The van der Waals surface area contributed by atoms with Crippen LogP contribution in [0.25, 0.3) is 11.3 Å². The summed E-state index contributed by atoms with van der Waals surface area (Å²) in [7, 11) is 0. The van der Waals surface area contributed by atoms with Gasteiger partial charge in [0.2, 0.25) is 5.91 Å². The molecule has 0 fully saturated rings. The Morgan fingerprint density at radius 1 is 1.03 bits per heavy atom. The van der Waals surface area contributed by atoms with Crippen LogP contribution in [0.3, 0.4) is 0 Å². The number of nitrogens with one attached hydrogen (secondary N) is 1. The van der Waals surface area contributed by atoms with Crippen LogP contribution >= 0.6 is 0 Å². The molecule has 1 aliphatic rings. The van der Waals surface area contributed by atoms with Crippen LogP contribution in [0.5, 0.6) is 0 Å². The van der Waals surface area contributed by atoms with E-state index in [0.29, 0.717) is 38.0 Å². The van der Waals surface area contributed by atoms with Crippen molar-refractivity contribution in [2.24, 2.45) is 0 Å². The normalized spacial score (nSPS) is 13.1. The number of nitrogens with zero attached hydrogens (tertiary/aromatic N) is 3. The van der Waals surface area contributed by atoms with Crippen molar-refractivity contribution in [3.8, 4) is 11.3 Å². The second-order valence-corrected chi connectivity index (χ2v) is 7.99. The Morgan fingerprint density at radius 3 is 2.61 bits per heavy atom. The SMILES string of the molecule is O=C(NCCc1ccco1)c1ccc(CN2C(=O)CCn3nc(-c4ccccc4)cc32)cc1. The van der Waals surface area contributed by atoms with Gasteiger partial charge in [-0.05, 0) is 29.8 Å². The Hall–Kier alpha value is -4.13. The van der Waals surface area contributed by atoms with E-state index in [1.54, 1.807) is 23.3 Å². The molecule has 1 aliphatic heterocycles. The molecule has 2 amide bonds. The van der Waals surface area contributed by atoms with Crippen LogP contribution in [0.15, 0.2) is 83.5 Å². The Labute approximate surface area is 191 Å². The first-order valence-corrected chi connectivity index (χ1v) is 11.0. The largest absolute Gasteiger partial charge is 0.469 e. The predicted molar refractivity (Wildman–Crippen MR) is 125 cm³/mol. The lowest BCUT2D eigenvalue weighted by atomic mass is 10.1. The zero-order valence-corrected chi connectivity index (χ0v) is 18.1. The zero-order valence-electron chi connectivity index (χ0n) is 18.1. The highest BCUT2D eigenvalue weighted by Crippen LogP contribution is 2.29. The van der Waals surface area contributed by atoms with Crippen molar-refractivity contribution in [2.45, 2.75) is 25.9 Å². The molecule has 0 atom stereocenters. The summed E-state index contributed by atoms with van der Waals surface area (Å²) in [5, 5.41) is 7.60. The number of carbonyl (C=O) groups excluding carboxylic acids is 2. The van der Waals surface area contributed by atoms with E-state index in [9.17, 15) is 9.59 Å². The lowest BCUT2D eigenvalue weighted by Gasteiger charge is -2.27. The van der Waals surface area contributed by atoms with Gasteiger partial charge in [-0.2, -0.15) is 5.10 Å². The molecular formula is C26H24N4O3. The second kappa shape index (κ2) is 9.16. The molecular weight excluding hydrogens is 416 g/mol. The van der Waals surface area contributed by atoms with Crippen LogP contribution in [0.4, 0.5) is 5.82 Å². The number of benzene rings is 2. The number of aryl methyl sites for hydroxylation is 1. The minimum atomic E-state index is -0.132. The van der Waals surface area contributed by atoms with Crippen molar-refractivity contribution in [3.63, 3.8) is 0 Å². The minimum absolute atomic E-state index is 0.0711. The number of anilines is 1. The fourth-order valence-corrected chi connectivity index (χ4v) is 3.97. The summed E-state index contributed by atoms with van der Waals surface area (Å²) >= 11 is 0. The minimum Gasteiger partial charge on any atom is -0.469 e. The van der Waals surface area contributed by atoms with Crippen LogP contribution in [-0.4, -0.2) is 28.1 Å². The van der Waals surface area contributed by atoms with Crippen LogP contribution in [0, 0.1) is 0 Å². The summed E-state index contributed by atoms with van der Waals surface area (Å²) in [6, 6.07) is 23.0. The molecule has 3 heterocycles. The Balaban J connectivity index is 1.26. The van der Waals surface area contributed by atoms with E-state index in [-0.39, 0.29) is 11.8 Å². The van der Waals surface area contributed by atoms with Crippen molar-refractivity contribution >= 4 is 17.6 Å². The monoisotopic (exact) mass is 440 g/mol. The van der Waals surface area contributed by atoms with Gasteiger partial charge in [-0.25, -0.2) is 4.68 Å². The van der Waals surface area contributed by atoms with Gasteiger partial charge in [0.15, 0.2) is 0 Å². The molecule has 4 aromatic rings. The lowest BCUT2D eigenvalue weighted by molar-refractivity contribution is -0.119. The highest BCUT2D eigenvalue weighted by atomic mass is 16.3. The summed E-state index contributed by atoms with van der Waals surface area (Å²) in [4.78, 5) is 26.9. The zero-order chi connectivity index (χ0) is 22.6. The average Bonchev–Trinajstić information content (AvgIpc) is 3.52. The van der Waals surface area contributed by atoms with Gasteiger partial charge >= 0.3 is 0 Å². The van der Waals surface area contributed by atoms with E-state index in [4.69, 9.17) is 9.52 Å². The third-order valence-electron chi connectivity index (χ3n) is 5.74. The third-order valence-corrected chi connectivity index (χ3v) is 5.74. The summed E-state index contributed by atoms with van der Waals surface area (Å²) in [6.07, 6.45) is 2.68. The van der Waals surface area contributed by atoms with E-state index in [0.717, 1.165) is 28.4 Å². The van der Waals surface area contributed by atoms with Gasteiger partial charge in [-0.15, -0.1) is 0 Å². The Bertz CT molecular complexity index is 1240. The number of furan rings is 1. The molecule has 0 spiro atoms. The van der Waals surface area contributed by atoms with Gasteiger partial charge in [0.05, 0.1) is 25.0 Å². The number of carbonyl (C=O) groups is 2. The summed E-state index contributed by atoms with van der Waals surface area (Å²) in [6.45, 7) is 1.51. The molecule has 1 N–H and O–H groups in total. The van der Waals surface area contributed by atoms with Crippen LogP contribution in [0.2, 0.25) is 0 Å². The summed E-state index contributed by atoms with van der Waals surface area (Å²) < 4.78 is 7.17. The van der Waals surface area contributed by atoms with Gasteiger partial charge in [0.1, 0.15) is 11.6 Å². The number of fused-ring (bicyclic) bond motifs is 1. The summed E-state index contributed by atoms with van der Waals surface area (Å²) in [5.74, 6) is 1.57. The van der Waals surface area contributed by atoms with Gasteiger partial charge in [-0.3, -0.25) is 14.5 Å². The van der Waals surface area contributed by atoms with Gasteiger partial charge in [-0.1, -0.05) is 42.5 Å². The molecule has 7 nitrogen and oxygen atoms in total. The van der Waals surface area contributed by atoms with Crippen molar-refractivity contribution in [2.75, 3.05) is 11.4 Å². The van der Waals surface area contributed by atoms with Gasteiger partial charge < -0.3 is 9.73 Å². The molecule has 166 valence electrons. The van der Waals surface area contributed by atoms with Crippen molar-refractivity contribution in [1.82, 2.24) is 15.1 Å². The number of aromatic nitrogens is 2. The molecule has 2 aromatic carbocycles. The molecule has 0 aliphatic carbocycles. The number of hydrogen-bond acceptors (Lipinski definition) is 4. The second-order valence-electron chi connectivity index (χ2n) is 7.99. The van der Waals surface area contributed by atoms with E-state index in [2.05, 4.69) is 5.32 Å². The highest BCUT2D eigenvalue weighted by molar-refractivity contribution is 5.95. The molecule has 33 heavy (non-hydrogen) atoms. The topological polar surface area (TPSA) is 80.4 Å². The smallest absolute Gasteiger partial charge is 0.251 e. The number of rotatable bonds is 7. The first kappa shape index (κ1) is 20.8. The third kappa shape index (κ3) is 4.57. The first-order valence-electron chi connectivity index (χ1n) is 11.0. The Morgan fingerprint density at radius 2 is 1.85 bits per heavy atom. The van der Waals surface area contributed by atoms with E-state index >= 15 is 0 Å². The predicted octanol–water partition coefficient (Wildman–Crippen LogP) is 4.05. The quantitative estimate of drug-likeness (QED) is 0.470. The van der Waals surface area contributed by atoms with Crippen LogP contribution in [-0.2, 0) is 24.3 Å². The Kier molecular flexibility index (Phi) is 5.76. The number of hydrogen-bond donors (Lipinski definition) is 1. The molecule has 7 heteroatoms. The molecule has 5 rings (SSSR count). The first-order chi connectivity index (χ1) is 16.2. The lowest BCUT2D eigenvalue weighted by Crippen LogP contribution is -2.36. The van der Waals surface area contributed by atoms with Crippen LogP contribution < -0.4 is 10.2 Å². The fourth-order valence-electron chi connectivity index (χ4n) is 3.97. The maximum atomic E-state index is 12.7. The van der Waals surface area contributed by atoms with E-state index < -0.39 is 0 Å². The van der Waals surface area contributed by atoms with Gasteiger partial charge in [0, 0.05) is 36.6 Å². The average molecular weight is 441 g/mol. The highest BCUT2D eigenvalue weighted by Gasteiger charge is 2.26. The summed E-state index contributed by atoms with van der Waals surface area (Å²) in [5.41, 5.74) is 3.41. The molecule has 0 radical (unpaired) electrons. The van der Waals surface area contributed by atoms with Crippen molar-refractivity contribution < 1.29 is 14.0 Å². The number of amides is 2. The van der Waals surface area contributed by atoms with Crippen molar-refractivity contribution in [1.29, 1.82) is 0 Å². The van der Waals surface area contributed by atoms with E-state index in [1.165, 1.54) is 0 Å². The maximum absolute atomic E-state index is 12.7.